The number of hydrogen-bond donors (Lipinski definition) is 41. The molecule has 138 heavy (non-hydrogen) atoms. The highest BCUT2D eigenvalue weighted by Gasteiger charge is 3.09. The van der Waals surface area contributed by atoms with Gasteiger partial charge in [0.05, 0.1) is 0 Å². The molecule has 0 saturated carbocycles. The van der Waals surface area contributed by atoms with Gasteiger partial charge in [-0.3, -0.25) is 0 Å². The van der Waals surface area contributed by atoms with Crippen LogP contribution in [-0.4, -0.2) is 768 Å². The van der Waals surface area contributed by atoms with Crippen molar-refractivity contribution in [1.29, 1.82) is 0 Å². The van der Waals surface area contributed by atoms with E-state index in [0.29, 0.717) is 0 Å². The lowest BCUT2D eigenvalue weighted by atomic mass is 11.8. The largest absolute Gasteiger partial charge is 0.442 e. The van der Waals surface area contributed by atoms with Crippen LogP contribution in [0.3, 0.4) is 0 Å². The Balaban J connectivity index is 19.8. The minimum absolute atomic E-state index is 0.776. The molecule has 0 aliphatic heterocycles. The Morgan fingerprint density at radius 3 is 0.623 bits per heavy atom. The number of rotatable bonds is 86. The van der Waals surface area contributed by atoms with Gasteiger partial charge in [-0.25, -0.2) is 0 Å². The first kappa shape index (κ1) is 150. The summed E-state index contributed by atoms with van der Waals surface area (Å²) in [7, 11) is -241. The molecular formula is C9H150O64Si65. The van der Waals surface area contributed by atoms with Crippen LogP contribution in [0.5, 0.6) is 0 Å². The second kappa shape index (κ2) is 66.5. The maximum atomic E-state index is 14.9. The van der Waals surface area contributed by atoms with Crippen LogP contribution in [0.4, 0.5) is 0 Å². The molecule has 129 heteroatoms. The maximum absolute atomic E-state index is 14.9. The van der Waals surface area contributed by atoms with E-state index in [2.05, 4.69) is 0 Å². The maximum Gasteiger partial charge on any atom is 0.338 e. The van der Waals surface area contributed by atoms with Crippen LogP contribution >= 0.6 is 0 Å². The molecule has 0 rings (SSSR count). The van der Waals surface area contributed by atoms with Crippen molar-refractivity contribution >= 4 is 564 Å². The summed E-state index contributed by atoms with van der Waals surface area (Å²) in [5, 5.41) is 0. The summed E-state index contributed by atoms with van der Waals surface area (Å²) in [6.45, 7) is -98.6. The minimum Gasteiger partial charge on any atom is -0.442 e. The van der Waals surface area contributed by atoms with Gasteiger partial charge in [0.2, 0.25) is 136 Å². The van der Waals surface area contributed by atoms with Crippen LogP contribution in [0.1, 0.15) is 0 Å². The third kappa shape index (κ3) is 29.0. The molecule has 41 N–H and O–H groups in total. The summed E-state index contributed by atoms with van der Waals surface area (Å²) < 4.78 is 176. The first-order chi connectivity index (χ1) is 64.7. The van der Waals surface area contributed by atoms with Gasteiger partial charge < -0.3 is 292 Å². The second-order valence-electron chi connectivity index (χ2n) is 32.7. The lowest BCUT2D eigenvalue weighted by Gasteiger charge is -2.77. The zero-order chi connectivity index (χ0) is 107. The van der Waals surface area contributed by atoms with Crippen molar-refractivity contribution in [3.8, 4) is 0 Å². The van der Waals surface area contributed by atoms with E-state index in [9.17, 15) is 209 Å². The SMILES string of the molecule is CO[Si]([SiH3])([SiH2]O)[Si](O[Si](C)(C)O)(O[Si]([Si](O[Si](C)(C)O[Si](C)(C)C)(O[Si](O[Si](O[SiH2]O)([SiH2]O)[SiH2]O)([Si](O[SiH2]O)([SiH2]O)[SiH2]O)[Si](O[SiH2]O)([SiH2]O)[SiH2]O)[Si](O[Si](O[SiH2]O)([SiH2]O)[SiH2]O)([Si](O[SiH2]O)([SiH2]O)[SiH2]O)[Si](O[SiH2]O)([SiH2]O)[SiH2]O)([Si](O[Si](O[SiH2]O)([SiH2]O)[SiH2]O)([Si](O[SiH2]O)([SiH2]O)[SiH2]O)[Si](O[SiH2]O)([SiH2]O)[SiH2]O)[Si](O[Si](O[SiH2]O)([SiH2]O)[SiH2]O)([Si](O[SiH2]O)([SiH2]O)[SiH2]O)[Si](O[SiH2]O)([SiH2]O)[SiH2]O)[Si](O[SiH2]O)([SiH2]O)[SiH](C)O. The van der Waals surface area contributed by atoms with Gasteiger partial charge >= 0.3 is 70.3 Å². The molecule has 0 spiro atoms. The van der Waals surface area contributed by atoms with Crippen LogP contribution in [-0.2, 0) is 95.0 Å². The molecule has 0 radical (unpaired) electrons. The Morgan fingerprint density at radius 2 is 0.435 bits per heavy atom. The summed E-state index contributed by atoms with van der Waals surface area (Å²) in [6, 6.07) is 0. The van der Waals surface area contributed by atoms with Crippen molar-refractivity contribution in [3.05, 3.63) is 0 Å². The summed E-state index contributed by atoms with van der Waals surface area (Å²) >= 11 is 0. The zero-order valence-corrected chi connectivity index (χ0v) is 160. The minimum atomic E-state index is -9.96. The van der Waals surface area contributed by atoms with E-state index in [1.54, 1.807) is 0 Å². The van der Waals surface area contributed by atoms with Crippen LogP contribution in [0.15, 0.2) is 0 Å². The molecule has 830 valence electrons. The van der Waals surface area contributed by atoms with E-state index >= 15 is 0 Å². The molecule has 0 amide bonds. The van der Waals surface area contributed by atoms with E-state index in [0.717, 1.165) is 39.8 Å². The van der Waals surface area contributed by atoms with Crippen molar-refractivity contribution in [3.63, 3.8) is 0 Å². The highest BCUT2D eigenvalue weighted by molar-refractivity contribution is 8.35. The first-order valence-corrected chi connectivity index (χ1v) is 203. The van der Waals surface area contributed by atoms with Gasteiger partial charge in [-0.1, -0.05) is 0 Å². The molecule has 0 bridgehead atoms. The Bertz CT molecular complexity index is 3120. The number of hydrogen-bond acceptors (Lipinski definition) is 64. The van der Waals surface area contributed by atoms with Gasteiger partial charge in [0.1, 0.15) is 0 Å². The fraction of sp³-hybridized carbons (Fsp3) is 1.00. The molecule has 0 saturated heterocycles. The topological polar surface area (TPSA) is 1040 Å². The van der Waals surface area contributed by atoms with Gasteiger partial charge in [-0.2, -0.15) is 0 Å². The van der Waals surface area contributed by atoms with Crippen LogP contribution in [0, 0.1) is 0 Å². The smallest absolute Gasteiger partial charge is 0.338 e. The molecular weight excluding hydrogens is 2960 g/mol. The zero-order valence-electron chi connectivity index (χ0n) is 77.9. The molecule has 0 aromatic heterocycles. The van der Waals surface area contributed by atoms with Crippen LogP contribution in [0.25, 0.3) is 0 Å². The molecule has 5 unspecified atom stereocenters. The summed E-state index contributed by atoms with van der Waals surface area (Å²) in [6.07, 6.45) is 0. The van der Waals surface area contributed by atoms with Crippen molar-refractivity contribution < 1.29 is 292 Å². The molecule has 64 nitrogen and oxygen atoms in total. The Morgan fingerprint density at radius 1 is 0.210 bits per heavy atom. The summed E-state index contributed by atoms with van der Waals surface area (Å²) in [4.78, 5) is 564. The third-order valence-corrected chi connectivity index (χ3v) is 718. The van der Waals surface area contributed by atoms with Crippen LogP contribution < -0.4 is 0 Å². The van der Waals surface area contributed by atoms with Crippen molar-refractivity contribution in [2.45, 2.75) is 52.4 Å². The monoisotopic (exact) mass is 3100 g/mol. The van der Waals surface area contributed by atoms with E-state index in [-0.39, 0.29) is 0 Å². The normalized spacial score (nSPS) is 26.0. The van der Waals surface area contributed by atoms with Gasteiger partial charge in [0.25, 0.3) is 164 Å². The molecule has 0 aliphatic rings. The lowest BCUT2D eigenvalue weighted by molar-refractivity contribution is 0.288. The van der Waals surface area contributed by atoms with E-state index in [1.165, 1.54) is 19.6 Å². The first-order valence-electron chi connectivity index (χ1n) is 41.1. The van der Waals surface area contributed by atoms with Crippen molar-refractivity contribution in [2.24, 2.45) is 0 Å². The third-order valence-electron chi connectivity index (χ3n) is 23.5. The Kier molecular flexibility index (Phi) is 72.0. The van der Waals surface area contributed by atoms with Crippen molar-refractivity contribution in [1.82, 2.24) is 0 Å². The average molecular weight is 3110 g/mol. The molecule has 0 aromatic rings. The van der Waals surface area contributed by atoms with Gasteiger partial charge in [-0.05, 0) is 52.4 Å². The molecule has 0 heterocycles. The van der Waals surface area contributed by atoms with E-state index in [1.807, 2.05) is 0 Å². The van der Waals surface area contributed by atoms with E-state index < -0.39 is 564 Å². The fourth-order valence-corrected chi connectivity index (χ4v) is 1340. The lowest BCUT2D eigenvalue weighted by Crippen LogP contribution is -3.22. The molecule has 0 aliphatic carbocycles. The molecule has 0 fully saturated rings. The van der Waals surface area contributed by atoms with Crippen molar-refractivity contribution in [2.75, 3.05) is 7.11 Å². The summed E-state index contributed by atoms with van der Waals surface area (Å²) in [5.74, 6) is 0. The predicted octanol–water partition coefficient (Wildman–Crippen LogP) is -66.3. The summed E-state index contributed by atoms with van der Waals surface area (Å²) in [5.41, 5.74) is 0. The quantitative estimate of drug-likeness (QED) is 0.0251. The second-order valence-corrected chi connectivity index (χ2v) is 411. The highest BCUT2D eigenvalue weighted by Crippen LogP contribution is 2.62. The van der Waals surface area contributed by atoms with Gasteiger partial charge in [0.15, 0.2) is 184 Å². The molecule has 5 atom stereocenters. The fourth-order valence-electron chi connectivity index (χ4n) is 17.3. The Hall–Kier alpha value is 11.5. The van der Waals surface area contributed by atoms with Gasteiger partial charge in [0, 0.05) is 16.9 Å². The van der Waals surface area contributed by atoms with Gasteiger partial charge in [-0.15, -0.1) is 0 Å². The standard InChI is InChI=1S/C9H150O64Si65/c1-51-125(74,96-31)122(66-116(6,7)50,134(113-48,64-87-22)114(2)49)73-136(137(130(105-40,106-41)60-83-18,131(107-42,108-43)61-84-19)70-120(92-27,93-28)54-77-12,138(132(109-44,110-45)62-85-20,133(111-46,112-47)63-86-21)71-121(94-29,95-30)55-78-13)124(67-117(8,9)65-115(3,4)5,135(128(101-36,102-37)58-81-16,129(103-38,104-39)59-82-17)69-119(90-25,91-26)53-76-11)72-123(126(97-32,98-33)56-79-14,127(99-34,100-35)57-80-15)68-118(88-23,89-24)52-75-10/h10-50,114H,75-113H2,1-9,74H3. The highest BCUT2D eigenvalue weighted by atomic mass is 30.6. The Labute approximate surface area is 904 Å². The average Bonchev–Trinajstić information content (AvgIpc) is 0.611. The molecule has 0 aromatic carbocycles. The van der Waals surface area contributed by atoms with Crippen LogP contribution in [0.2, 0.25) is 52.4 Å². The predicted molar refractivity (Wildman–Crippen MR) is 657 cm³/mol. The van der Waals surface area contributed by atoms with E-state index in [4.69, 9.17) is 82.6 Å².